The second-order valence-corrected chi connectivity index (χ2v) is 5.35. The maximum absolute atomic E-state index is 6.41. The monoisotopic (exact) mass is 252 g/mol. The van der Waals surface area contributed by atoms with Crippen molar-refractivity contribution in [3.8, 4) is 11.5 Å². The maximum atomic E-state index is 6.41. The number of halogens is 1. The molecule has 2 unspecified atom stereocenters. The number of hydrogen-bond acceptors (Lipinski definition) is 2. The quantitative estimate of drug-likeness (QED) is 0.749. The molecule has 0 N–H and O–H groups in total. The summed E-state index contributed by atoms with van der Waals surface area (Å²) in [6, 6.07) is 2.15. The first-order valence-corrected chi connectivity index (χ1v) is 6.76. The summed E-state index contributed by atoms with van der Waals surface area (Å²) in [5.41, 5.74) is 3.71. The summed E-state index contributed by atoms with van der Waals surface area (Å²) >= 11 is 6.41. The highest BCUT2D eigenvalue weighted by atomic mass is 35.5. The van der Waals surface area contributed by atoms with E-state index < -0.39 is 0 Å². The molecule has 1 aromatic rings. The van der Waals surface area contributed by atoms with E-state index in [2.05, 4.69) is 13.0 Å². The molecule has 0 radical (unpaired) electrons. The van der Waals surface area contributed by atoms with Gasteiger partial charge >= 0.3 is 0 Å². The zero-order chi connectivity index (χ0) is 12.0. The zero-order valence-corrected chi connectivity index (χ0v) is 11.0. The Balaban J connectivity index is 2.14. The van der Waals surface area contributed by atoms with Crippen LogP contribution >= 0.6 is 11.6 Å². The van der Waals surface area contributed by atoms with Crippen molar-refractivity contribution in [3.05, 3.63) is 22.8 Å². The topological polar surface area (TPSA) is 18.5 Å². The third kappa shape index (κ3) is 1.70. The van der Waals surface area contributed by atoms with Crippen LogP contribution in [0.5, 0.6) is 11.5 Å². The molecule has 0 fully saturated rings. The molecule has 1 aliphatic heterocycles. The molecule has 17 heavy (non-hydrogen) atoms. The fourth-order valence-electron chi connectivity index (χ4n) is 2.89. The van der Waals surface area contributed by atoms with Crippen LogP contribution in [0.3, 0.4) is 0 Å². The standard InChI is InChI=1S/C14H17ClO2/c1-3-16-12-7-9-6-8(2)17-14(9)13-10(12)4-5-11(13)15/h7-8,11H,3-6H2,1-2H3. The Hall–Kier alpha value is -0.890. The van der Waals surface area contributed by atoms with E-state index in [-0.39, 0.29) is 11.5 Å². The van der Waals surface area contributed by atoms with Crippen LogP contribution in [0.1, 0.15) is 42.3 Å². The molecule has 0 spiro atoms. The molecule has 0 aromatic heterocycles. The number of rotatable bonds is 2. The summed E-state index contributed by atoms with van der Waals surface area (Å²) in [6.45, 7) is 4.82. The van der Waals surface area contributed by atoms with Gasteiger partial charge in [-0.05, 0) is 32.8 Å². The molecule has 3 rings (SSSR count). The van der Waals surface area contributed by atoms with Gasteiger partial charge < -0.3 is 9.47 Å². The number of benzene rings is 1. The Kier molecular flexibility index (Phi) is 2.70. The van der Waals surface area contributed by atoms with Crippen molar-refractivity contribution in [2.24, 2.45) is 0 Å². The average molecular weight is 253 g/mol. The maximum Gasteiger partial charge on any atom is 0.128 e. The van der Waals surface area contributed by atoms with Crippen molar-refractivity contribution in [1.82, 2.24) is 0 Å². The van der Waals surface area contributed by atoms with E-state index in [0.29, 0.717) is 6.61 Å². The lowest BCUT2D eigenvalue weighted by atomic mass is 10.0. The van der Waals surface area contributed by atoms with Crippen LogP contribution in [-0.2, 0) is 12.8 Å². The fraction of sp³-hybridized carbons (Fsp3) is 0.571. The number of ether oxygens (including phenoxy) is 2. The Morgan fingerprint density at radius 2 is 2.35 bits per heavy atom. The lowest BCUT2D eigenvalue weighted by molar-refractivity contribution is 0.252. The second kappa shape index (κ2) is 4.09. The van der Waals surface area contributed by atoms with Crippen LogP contribution in [0.15, 0.2) is 6.07 Å². The van der Waals surface area contributed by atoms with Gasteiger partial charge in [0, 0.05) is 23.1 Å². The Labute approximate surface area is 107 Å². The van der Waals surface area contributed by atoms with Gasteiger partial charge in [-0.25, -0.2) is 0 Å². The van der Waals surface area contributed by atoms with Crippen molar-refractivity contribution < 1.29 is 9.47 Å². The molecule has 3 heteroatoms. The lowest BCUT2D eigenvalue weighted by Crippen LogP contribution is -2.06. The summed E-state index contributed by atoms with van der Waals surface area (Å²) in [5, 5.41) is 0.0875. The third-order valence-electron chi connectivity index (χ3n) is 3.55. The van der Waals surface area contributed by atoms with Gasteiger partial charge in [0.1, 0.15) is 17.6 Å². The van der Waals surface area contributed by atoms with Gasteiger partial charge in [0.25, 0.3) is 0 Å². The van der Waals surface area contributed by atoms with Crippen molar-refractivity contribution in [2.45, 2.75) is 44.6 Å². The van der Waals surface area contributed by atoms with Crippen LogP contribution in [-0.4, -0.2) is 12.7 Å². The minimum Gasteiger partial charge on any atom is -0.494 e. The predicted molar refractivity (Wildman–Crippen MR) is 68.3 cm³/mol. The van der Waals surface area contributed by atoms with Crippen molar-refractivity contribution in [1.29, 1.82) is 0 Å². The van der Waals surface area contributed by atoms with Crippen molar-refractivity contribution >= 4 is 11.6 Å². The number of alkyl halides is 1. The molecular formula is C14H17ClO2. The first kappa shape index (κ1) is 11.2. The lowest BCUT2D eigenvalue weighted by Gasteiger charge is -2.14. The zero-order valence-electron chi connectivity index (χ0n) is 10.3. The van der Waals surface area contributed by atoms with Gasteiger partial charge in [-0.1, -0.05) is 0 Å². The van der Waals surface area contributed by atoms with Crippen LogP contribution < -0.4 is 9.47 Å². The van der Waals surface area contributed by atoms with Crippen molar-refractivity contribution in [2.75, 3.05) is 6.61 Å². The molecule has 2 atom stereocenters. The smallest absolute Gasteiger partial charge is 0.128 e. The number of hydrogen-bond donors (Lipinski definition) is 0. The molecule has 1 heterocycles. The molecule has 0 amide bonds. The summed E-state index contributed by atoms with van der Waals surface area (Å²) < 4.78 is 11.7. The molecule has 0 saturated carbocycles. The summed E-state index contributed by atoms with van der Waals surface area (Å²) in [4.78, 5) is 0. The highest BCUT2D eigenvalue weighted by Gasteiger charge is 2.33. The highest BCUT2D eigenvalue weighted by molar-refractivity contribution is 6.21. The molecular weight excluding hydrogens is 236 g/mol. The van der Waals surface area contributed by atoms with E-state index in [9.17, 15) is 0 Å². The van der Waals surface area contributed by atoms with E-state index in [1.807, 2.05) is 6.92 Å². The first-order valence-electron chi connectivity index (χ1n) is 6.32. The average Bonchev–Trinajstić information content (AvgIpc) is 2.82. The summed E-state index contributed by atoms with van der Waals surface area (Å²) in [5.74, 6) is 2.05. The van der Waals surface area contributed by atoms with Crippen LogP contribution in [0.4, 0.5) is 0 Å². The largest absolute Gasteiger partial charge is 0.494 e. The normalized spacial score (nSPS) is 25.4. The highest BCUT2D eigenvalue weighted by Crippen LogP contribution is 2.50. The Morgan fingerprint density at radius 3 is 3.12 bits per heavy atom. The fourth-order valence-corrected chi connectivity index (χ4v) is 3.23. The minimum atomic E-state index is 0.0875. The molecule has 92 valence electrons. The van der Waals surface area contributed by atoms with E-state index in [1.54, 1.807) is 0 Å². The molecule has 1 aromatic carbocycles. The van der Waals surface area contributed by atoms with E-state index in [4.69, 9.17) is 21.1 Å². The number of fused-ring (bicyclic) bond motifs is 3. The molecule has 0 saturated heterocycles. The van der Waals surface area contributed by atoms with E-state index in [0.717, 1.165) is 30.8 Å². The van der Waals surface area contributed by atoms with Crippen LogP contribution in [0, 0.1) is 0 Å². The van der Waals surface area contributed by atoms with Crippen LogP contribution in [0.25, 0.3) is 0 Å². The van der Waals surface area contributed by atoms with Gasteiger partial charge in [-0.3, -0.25) is 0 Å². The Morgan fingerprint density at radius 1 is 1.53 bits per heavy atom. The minimum absolute atomic E-state index is 0.0875. The summed E-state index contributed by atoms with van der Waals surface area (Å²) in [6.07, 6.45) is 3.22. The van der Waals surface area contributed by atoms with Gasteiger partial charge in [0.15, 0.2) is 0 Å². The summed E-state index contributed by atoms with van der Waals surface area (Å²) in [7, 11) is 0. The van der Waals surface area contributed by atoms with Gasteiger partial charge in [0.05, 0.1) is 12.0 Å². The van der Waals surface area contributed by atoms with Gasteiger partial charge in [0.2, 0.25) is 0 Å². The van der Waals surface area contributed by atoms with Crippen molar-refractivity contribution in [3.63, 3.8) is 0 Å². The SMILES string of the molecule is CCOc1cc2c(c3c1CCC3Cl)OC(C)C2. The first-order chi connectivity index (χ1) is 8.20. The Bertz CT molecular complexity index is 456. The van der Waals surface area contributed by atoms with Gasteiger partial charge in [-0.2, -0.15) is 0 Å². The predicted octanol–water partition coefficient (Wildman–Crippen LogP) is 3.63. The second-order valence-electron chi connectivity index (χ2n) is 4.83. The molecule has 2 nitrogen and oxygen atoms in total. The molecule has 1 aliphatic carbocycles. The molecule has 0 bridgehead atoms. The van der Waals surface area contributed by atoms with E-state index in [1.165, 1.54) is 16.7 Å². The molecule has 2 aliphatic rings. The van der Waals surface area contributed by atoms with Gasteiger partial charge in [-0.15, -0.1) is 11.6 Å². The third-order valence-corrected chi connectivity index (χ3v) is 3.99. The van der Waals surface area contributed by atoms with E-state index >= 15 is 0 Å². The van der Waals surface area contributed by atoms with Crippen LogP contribution in [0.2, 0.25) is 0 Å².